The van der Waals surface area contributed by atoms with Gasteiger partial charge in [-0.2, -0.15) is 0 Å². The van der Waals surface area contributed by atoms with E-state index in [1.54, 1.807) is 12.3 Å². The highest BCUT2D eigenvalue weighted by Crippen LogP contribution is 2.41. The molecule has 0 saturated heterocycles. The van der Waals surface area contributed by atoms with Crippen molar-refractivity contribution in [2.45, 2.75) is 23.5 Å². The molecule has 2 rings (SSSR count). The van der Waals surface area contributed by atoms with Crippen molar-refractivity contribution in [1.29, 1.82) is 0 Å². The van der Waals surface area contributed by atoms with E-state index in [0.29, 0.717) is 23.2 Å². The first-order valence-electron chi connectivity index (χ1n) is 5.31. The highest BCUT2D eigenvalue weighted by Gasteiger charge is 2.42. The molecular formula is C11H15ClN2OS. The molecule has 0 radical (unpaired) electrons. The first-order chi connectivity index (χ1) is 7.64. The Hall–Kier alpha value is -0.290. The minimum atomic E-state index is -0.730. The molecule has 1 aromatic heterocycles. The van der Waals surface area contributed by atoms with E-state index in [1.807, 2.05) is 6.07 Å². The lowest BCUT2D eigenvalue weighted by Gasteiger charge is -2.25. The van der Waals surface area contributed by atoms with Crippen molar-refractivity contribution in [2.24, 2.45) is 11.7 Å². The van der Waals surface area contributed by atoms with Crippen LogP contribution in [0, 0.1) is 5.92 Å². The smallest absolute Gasteiger partial charge is 0.0961 e. The van der Waals surface area contributed by atoms with Crippen LogP contribution in [0.5, 0.6) is 0 Å². The van der Waals surface area contributed by atoms with E-state index in [1.165, 1.54) is 11.8 Å². The topological polar surface area (TPSA) is 59.1 Å². The van der Waals surface area contributed by atoms with Crippen molar-refractivity contribution in [3.05, 3.63) is 23.4 Å². The number of hydrogen-bond donors (Lipinski definition) is 2. The van der Waals surface area contributed by atoms with E-state index in [2.05, 4.69) is 4.98 Å². The Morgan fingerprint density at radius 1 is 1.56 bits per heavy atom. The number of pyridine rings is 1. The quantitative estimate of drug-likeness (QED) is 0.793. The minimum absolute atomic E-state index is 0.318. The summed E-state index contributed by atoms with van der Waals surface area (Å²) in [6.07, 6.45) is 3.78. The van der Waals surface area contributed by atoms with Crippen LogP contribution in [0.4, 0.5) is 0 Å². The Balaban J connectivity index is 1.92. The zero-order valence-corrected chi connectivity index (χ0v) is 10.5. The van der Waals surface area contributed by atoms with Crippen LogP contribution in [0.1, 0.15) is 12.8 Å². The van der Waals surface area contributed by atoms with E-state index < -0.39 is 5.60 Å². The monoisotopic (exact) mass is 258 g/mol. The third kappa shape index (κ3) is 2.88. The number of halogens is 1. The summed E-state index contributed by atoms with van der Waals surface area (Å²) < 4.78 is 0. The lowest BCUT2D eigenvalue weighted by atomic mass is 10.0. The molecule has 88 valence electrons. The van der Waals surface area contributed by atoms with Crippen molar-refractivity contribution in [1.82, 2.24) is 4.98 Å². The van der Waals surface area contributed by atoms with Crippen LogP contribution in [0.2, 0.25) is 5.02 Å². The van der Waals surface area contributed by atoms with Crippen LogP contribution >= 0.6 is 23.4 Å². The maximum Gasteiger partial charge on any atom is 0.0961 e. The van der Waals surface area contributed by atoms with Gasteiger partial charge < -0.3 is 10.8 Å². The van der Waals surface area contributed by atoms with Crippen molar-refractivity contribution in [2.75, 3.05) is 12.3 Å². The third-order valence-corrected chi connectivity index (χ3v) is 4.27. The summed E-state index contributed by atoms with van der Waals surface area (Å²) in [5.74, 6) is 0.972. The Morgan fingerprint density at radius 2 is 2.31 bits per heavy atom. The van der Waals surface area contributed by atoms with Crippen LogP contribution in [0.3, 0.4) is 0 Å². The van der Waals surface area contributed by atoms with Gasteiger partial charge in [-0.3, -0.25) is 0 Å². The molecule has 1 fully saturated rings. The Morgan fingerprint density at radius 3 is 2.81 bits per heavy atom. The lowest BCUT2D eigenvalue weighted by Crippen LogP contribution is -2.42. The van der Waals surface area contributed by atoms with E-state index in [-0.39, 0.29) is 0 Å². The largest absolute Gasteiger partial charge is 0.387 e. The number of aromatic nitrogens is 1. The summed E-state index contributed by atoms with van der Waals surface area (Å²) in [5.41, 5.74) is 4.90. The molecule has 1 aromatic rings. The van der Waals surface area contributed by atoms with Crippen molar-refractivity contribution in [3.63, 3.8) is 0 Å². The number of nitrogens with zero attached hydrogens (tertiary/aromatic N) is 1. The van der Waals surface area contributed by atoms with Crippen LogP contribution < -0.4 is 5.73 Å². The Labute approximate surface area is 104 Å². The summed E-state index contributed by atoms with van der Waals surface area (Å²) >= 11 is 7.28. The second kappa shape index (κ2) is 4.92. The summed E-state index contributed by atoms with van der Waals surface area (Å²) in [5, 5.41) is 11.8. The SMILES string of the molecule is NCC(O)(CSc1ccc(Cl)cn1)C1CC1. The standard InChI is InChI=1S/C11H15ClN2OS/c12-9-3-4-10(14-5-9)16-7-11(15,6-13)8-1-2-8/h3-5,8,15H,1-2,6-7,13H2. The fourth-order valence-electron chi connectivity index (χ4n) is 1.61. The second-order valence-corrected chi connectivity index (χ2v) is 5.62. The molecule has 0 amide bonds. The average Bonchev–Trinajstić information content (AvgIpc) is 3.12. The van der Waals surface area contributed by atoms with Gasteiger partial charge >= 0.3 is 0 Å². The van der Waals surface area contributed by atoms with Gasteiger partial charge in [0, 0.05) is 18.5 Å². The highest BCUT2D eigenvalue weighted by atomic mass is 35.5. The molecule has 1 saturated carbocycles. The molecular weight excluding hydrogens is 244 g/mol. The zero-order valence-electron chi connectivity index (χ0n) is 8.90. The lowest BCUT2D eigenvalue weighted by molar-refractivity contribution is 0.0510. The molecule has 0 aliphatic heterocycles. The maximum atomic E-state index is 10.3. The number of rotatable bonds is 5. The summed E-state index contributed by atoms with van der Waals surface area (Å²) in [7, 11) is 0. The highest BCUT2D eigenvalue weighted by molar-refractivity contribution is 7.99. The normalized spacial score (nSPS) is 19.4. The van der Waals surface area contributed by atoms with Gasteiger partial charge in [0.25, 0.3) is 0 Å². The zero-order chi connectivity index (χ0) is 11.6. The number of nitrogens with two attached hydrogens (primary N) is 1. The van der Waals surface area contributed by atoms with Gasteiger partial charge in [-0.15, -0.1) is 11.8 Å². The number of aliphatic hydroxyl groups is 1. The van der Waals surface area contributed by atoms with Crippen LogP contribution in [0.15, 0.2) is 23.4 Å². The first-order valence-corrected chi connectivity index (χ1v) is 6.67. The molecule has 1 atom stereocenters. The molecule has 5 heteroatoms. The molecule has 0 bridgehead atoms. The predicted octanol–water partition coefficient (Wildman–Crippen LogP) is 1.93. The molecule has 0 spiro atoms. The summed E-state index contributed by atoms with van der Waals surface area (Å²) in [4.78, 5) is 4.17. The van der Waals surface area contributed by atoms with Crippen LogP contribution in [-0.2, 0) is 0 Å². The average molecular weight is 259 g/mol. The molecule has 3 nitrogen and oxygen atoms in total. The number of hydrogen-bond acceptors (Lipinski definition) is 4. The third-order valence-electron chi connectivity index (χ3n) is 2.86. The van der Waals surface area contributed by atoms with Crippen molar-refractivity contribution in [3.8, 4) is 0 Å². The van der Waals surface area contributed by atoms with E-state index >= 15 is 0 Å². The van der Waals surface area contributed by atoms with Crippen molar-refractivity contribution < 1.29 is 5.11 Å². The van der Waals surface area contributed by atoms with Gasteiger partial charge in [0.15, 0.2) is 0 Å². The van der Waals surface area contributed by atoms with Gasteiger partial charge in [0.1, 0.15) is 0 Å². The molecule has 0 aromatic carbocycles. The summed E-state index contributed by atoms with van der Waals surface area (Å²) in [6, 6.07) is 3.66. The summed E-state index contributed by atoms with van der Waals surface area (Å²) in [6.45, 7) is 0.318. The van der Waals surface area contributed by atoms with Gasteiger partial charge in [-0.05, 0) is 30.9 Å². The second-order valence-electron chi connectivity index (χ2n) is 4.19. The minimum Gasteiger partial charge on any atom is -0.387 e. The van der Waals surface area contributed by atoms with Gasteiger partial charge in [0.05, 0.1) is 15.6 Å². The fraction of sp³-hybridized carbons (Fsp3) is 0.545. The van der Waals surface area contributed by atoms with Gasteiger partial charge in [0.2, 0.25) is 0 Å². The van der Waals surface area contributed by atoms with E-state index in [9.17, 15) is 5.11 Å². The fourth-order valence-corrected chi connectivity index (χ4v) is 2.77. The molecule has 1 heterocycles. The van der Waals surface area contributed by atoms with E-state index in [4.69, 9.17) is 17.3 Å². The number of thioether (sulfide) groups is 1. The molecule has 3 N–H and O–H groups in total. The van der Waals surface area contributed by atoms with Gasteiger partial charge in [-0.25, -0.2) is 4.98 Å². The molecule has 1 unspecified atom stereocenters. The maximum absolute atomic E-state index is 10.3. The Bertz CT molecular complexity index is 356. The molecule has 1 aliphatic carbocycles. The van der Waals surface area contributed by atoms with Crippen LogP contribution in [0.25, 0.3) is 0 Å². The Kier molecular flexibility index (Phi) is 3.74. The first kappa shape index (κ1) is 12.2. The van der Waals surface area contributed by atoms with Gasteiger partial charge in [-0.1, -0.05) is 11.6 Å². The van der Waals surface area contributed by atoms with Crippen LogP contribution in [-0.4, -0.2) is 28.0 Å². The predicted molar refractivity (Wildman–Crippen MR) is 66.7 cm³/mol. The van der Waals surface area contributed by atoms with E-state index in [0.717, 1.165) is 17.9 Å². The molecule has 1 aliphatic rings. The molecule has 16 heavy (non-hydrogen) atoms. The van der Waals surface area contributed by atoms with Crippen molar-refractivity contribution >= 4 is 23.4 Å².